The van der Waals surface area contributed by atoms with Gasteiger partial charge in [0.25, 0.3) is 5.91 Å². The van der Waals surface area contributed by atoms with Gasteiger partial charge in [0, 0.05) is 30.4 Å². The number of carbonyl (C=O) groups is 2. The van der Waals surface area contributed by atoms with Crippen molar-refractivity contribution in [2.75, 3.05) is 25.0 Å². The van der Waals surface area contributed by atoms with Gasteiger partial charge in [0.15, 0.2) is 0 Å². The molecule has 0 spiro atoms. The minimum atomic E-state index is -4.99. The number of fused-ring (bicyclic) bond motifs is 2. The SMILES string of the molecule is O=C(N[C@H]1CN2CC[C@H]1C2)c1cnc(-c2cccc(NC(=O)C(F)(F)F)c2)o1. The molecule has 2 aliphatic heterocycles. The molecular formula is C18H17F3N4O3. The van der Waals surface area contributed by atoms with E-state index in [1.54, 1.807) is 11.4 Å². The highest BCUT2D eigenvalue weighted by molar-refractivity contribution is 5.95. The Labute approximate surface area is 157 Å². The minimum absolute atomic E-state index is 0.0255. The van der Waals surface area contributed by atoms with Crippen molar-refractivity contribution in [3.63, 3.8) is 0 Å². The van der Waals surface area contributed by atoms with Crippen LogP contribution in [0.2, 0.25) is 0 Å². The van der Waals surface area contributed by atoms with Crippen molar-refractivity contribution < 1.29 is 27.2 Å². The van der Waals surface area contributed by atoms with Gasteiger partial charge < -0.3 is 20.0 Å². The molecule has 0 saturated carbocycles. The van der Waals surface area contributed by atoms with Crippen LogP contribution in [-0.2, 0) is 4.79 Å². The minimum Gasteiger partial charge on any atom is -0.431 e. The predicted octanol–water partition coefficient (Wildman–Crippen LogP) is 2.28. The zero-order valence-corrected chi connectivity index (χ0v) is 14.6. The second-order valence-corrected chi connectivity index (χ2v) is 6.95. The summed E-state index contributed by atoms with van der Waals surface area (Å²) in [6.07, 6.45) is -2.65. The molecule has 0 aliphatic carbocycles. The summed E-state index contributed by atoms with van der Waals surface area (Å²) in [5.41, 5.74) is 0.283. The Hall–Kier alpha value is -2.88. The average Bonchev–Trinajstić information content (AvgIpc) is 3.38. The highest BCUT2D eigenvalue weighted by Crippen LogP contribution is 2.28. The van der Waals surface area contributed by atoms with Gasteiger partial charge in [-0.1, -0.05) is 6.07 Å². The number of amides is 2. The van der Waals surface area contributed by atoms with Crippen molar-refractivity contribution in [3.05, 3.63) is 36.2 Å². The van der Waals surface area contributed by atoms with E-state index in [-0.39, 0.29) is 29.3 Å². The molecule has 148 valence electrons. The first kappa shape index (κ1) is 18.5. The maximum absolute atomic E-state index is 12.4. The Kier molecular flexibility index (Phi) is 4.58. The molecule has 28 heavy (non-hydrogen) atoms. The molecule has 10 heteroatoms. The Morgan fingerprint density at radius 2 is 2.07 bits per heavy atom. The van der Waals surface area contributed by atoms with Crippen LogP contribution in [0, 0.1) is 5.92 Å². The highest BCUT2D eigenvalue weighted by atomic mass is 19.4. The van der Waals surface area contributed by atoms with E-state index in [2.05, 4.69) is 15.2 Å². The van der Waals surface area contributed by atoms with Crippen LogP contribution in [-0.4, -0.2) is 53.6 Å². The Bertz CT molecular complexity index is 911. The van der Waals surface area contributed by atoms with E-state index in [1.165, 1.54) is 24.4 Å². The third-order valence-electron chi connectivity index (χ3n) is 5.00. The molecule has 2 N–H and O–H groups in total. The van der Waals surface area contributed by atoms with Gasteiger partial charge in [-0.25, -0.2) is 4.98 Å². The van der Waals surface area contributed by atoms with Crippen LogP contribution >= 0.6 is 0 Å². The zero-order valence-electron chi connectivity index (χ0n) is 14.6. The number of benzene rings is 1. The quantitative estimate of drug-likeness (QED) is 0.831. The van der Waals surface area contributed by atoms with E-state index in [1.807, 2.05) is 0 Å². The molecule has 1 unspecified atom stereocenters. The molecule has 3 atom stereocenters. The smallest absolute Gasteiger partial charge is 0.431 e. The summed E-state index contributed by atoms with van der Waals surface area (Å²) in [6.45, 7) is 2.87. The number of oxazole rings is 1. The van der Waals surface area contributed by atoms with Crippen LogP contribution < -0.4 is 10.6 Å². The molecule has 2 aliphatic rings. The Morgan fingerprint density at radius 1 is 1.25 bits per heavy atom. The number of halogens is 3. The number of rotatable bonds is 4. The van der Waals surface area contributed by atoms with Crippen molar-refractivity contribution in [1.29, 1.82) is 0 Å². The number of alkyl halides is 3. The van der Waals surface area contributed by atoms with Crippen LogP contribution in [0.5, 0.6) is 0 Å². The largest absolute Gasteiger partial charge is 0.471 e. The molecule has 7 nitrogen and oxygen atoms in total. The summed E-state index contributed by atoms with van der Waals surface area (Å²) in [6, 6.07) is 5.69. The van der Waals surface area contributed by atoms with Crippen molar-refractivity contribution in [2.24, 2.45) is 5.92 Å². The fourth-order valence-electron chi connectivity index (χ4n) is 3.63. The molecule has 1 aromatic carbocycles. The lowest BCUT2D eigenvalue weighted by molar-refractivity contribution is -0.167. The van der Waals surface area contributed by atoms with Crippen LogP contribution in [0.25, 0.3) is 11.5 Å². The van der Waals surface area contributed by atoms with E-state index < -0.39 is 12.1 Å². The molecule has 0 radical (unpaired) electrons. The van der Waals surface area contributed by atoms with Gasteiger partial charge in [-0.15, -0.1) is 0 Å². The first-order chi connectivity index (χ1) is 13.3. The molecule has 1 aromatic heterocycles. The summed E-state index contributed by atoms with van der Waals surface area (Å²) in [7, 11) is 0. The first-order valence-corrected chi connectivity index (χ1v) is 8.77. The molecule has 2 aromatic rings. The molecule has 4 rings (SSSR count). The van der Waals surface area contributed by atoms with Crippen LogP contribution in [0.3, 0.4) is 0 Å². The maximum Gasteiger partial charge on any atom is 0.471 e. The predicted molar refractivity (Wildman–Crippen MR) is 92.4 cm³/mol. The maximum atomic E-state index is 12.4. The molecule has 2 saturated heterocycles. The summed E-state index contributed by atoms with van der Waals surface area (Å²) >= 11 is 0. The van der Waals surface area contributed by atoms with E-state index in [0.717, 1.165) is 26.1 Å². The number of hydrogen-bond acceptors (Lipinski definition) is 5. The van der Waals surface area contributed by atoms with Crippen LogP contribution in [0.15, 0.2) is 34.9 Å². The lowest BCUT2D eigenvalue weighted by atomic mass is 10.00. The third kappa shape index (κ3) is 3.72. The highest BCUT2D eigenvalue weighted by Gasteiger charge is 2.39. The number of piperidine rings is 1. The molecule has 2 amide bonds. The summed E-state index contributed by atoms with van der Waals surface area (Å²) in [5.74, 6) is -1.90. The van der Waals surface area contributed by atoms with Gasteiger partial charge in [0.05, 0.1) is 6.20 Å². The number of aromatic nitrogens is 1. The van der Waals surface area contributed by atoms with E-state index >= 15 is 0 Å². The van der Waals surface area contributed by atoms with Crippen LogP contribution in [0.1, 0.15) is 17.0 Å². The van der Waals surface area contributed by atoms with Gasteiger partial charge in [0.1, 0.15) is 0 Å². The number of anilines is 1. The van der Waals surface area contributed by atoms with Gasteiger partial charge in [-0.05, 0) is 37.1 Å². The normalized spacial score (nSPS) is 23.6. The Morgan fingerprint density at radius 3 is 2.75 bits per heavy atom. The topological polar surface area (TPSA) is 87.5 Å². The second kappa shape index (κ2) is 6.93. The summed E-state index contributed by atoms with van der Waals surface area (Å²) in [5, 5.41) is 4.72. The van der Waals surface area contributed by atoms with Gasteiger partial charge in [-0.2, -0.15) is 13.2 Å². The monoisotopic (exact) mass is 394 g/mol. The van der Waals surface area contributed by atoms with Gasteiger partial charge in [-0.3, -0.25) is 9.59 Å². The second-order valence-electron chi connectivity index (χ2n) is 6.95. The van der Waals surface area contributed by atoms with E-state index in [0.29, 0.717) is 11.5 Å². The number of hydrogen-bond donors (Lipinski definition) is 2. The molecule has 2 bridgehead atoms. The van der Waals surface area contributed by atoms with Crippen LogP contribution in [0.4, 0.5) is 18.9 Å². The van der Waals surface area contributed by atoms with Crippen molar-refractivity contribution in [1.82, 2.24) is 15.2 Å². The zero-order chi connectivity index (χ0) is 19.9. The number of nitrogens with zero attached hydrogens (tertiary/aromatic N) is 2. The van der Waals surface area contributed by atoms with E-state index in [4.69, 9.17) is 4.42 Å². The summed E-state index contributed by atoms with van der Waals surface area (Å²) < 4.78 is 42.6. The third-order valence-corrected chi connectivity index (χ3v) is 5.00. The molecule has 2 fully saturated rings. The fraction of sp³-hybridized carbons (Fsp3) is 0.389. The fourth-order valence-corrected chi connectivity index (χ4v) is 3.63. The first-order valence-electron chi connectivity index (χ1n) is 8.77. The molecule has 3 heterocycles. The standard InChI is InChI=1S/C18H17F3N4O3/c19-18(20,21)17(27)23-12-3-1-2-10(6-12)16-22-7-14(28-16)15(26)24-13-9-25-5-4-11(13)8-25/h1-3,6-7,11,13H,4-5,8-9H2,(H,23,27)(H,24,26)/t11-,13-/m0/s1. The lowest BCUT2D eigenvalue weighted by Crippen LogP contribution is -2.43. The average molecular weight is 394 g/mol. The Balaban J connectivity index is 1.44. The van der Waals surface area contributed by atoms with Crippen molar-refractivity contribution in [3.8, 4) is 11.5 Å². The number of carbonyl (C=O) groups excluding carboxylic acids is 2. The van der Waals surface area contributed by atoms with Crippen molar-refractivity contribution >= 4 is 17.5 Å². The van der Waals surface area contributed by atoms with Gasteiger partial charge in [0.2, 0.25) is 11.7 Å². The number of nitrogens with one attached hydrogen (secondary N) is 2. The van der Waals surface area contributed by atoms with Crippen molar-refractivity contribution in [2.45, 2.75) is 18.6 Å². The van der Waals surface area contributed by atoms with E-state index in [9.17, 15) is 22.8 Å². The summed E-state index contributed by atoms with van der Waals surface area (Å²) in [4.78, 5) is 29.8. The van der Waals surface area contributed by atoms with Gasteiger partial charge >= 0.3 is 12.1 Å². The molecular weight excluding hydrogens is 377 g/mol. The lowest BCUT2D eigenvalue weighted by Gasteiger charge is -2.22.